The van der Waals surface area contributed by atoms with Gasteiger partial charge in [-0.1, -0.05) is 60.2 Å². The van der Waals surface area contributed by atoms with Gasteiger partial charge in [-0.15, -0.1) is 0 Å². The third-order valence-electron chi connectivity index (χ3n) is 3.61. The Morgan fingerprint density at radius 3 is 2.48 bits per heavy atom. The van der Waals surface area contributed by atoms with Gasteiger partial charge in [0.2, 0.25) is 0 Å². The van der Waals surface area contributed by atoms with E-state index in [2.05, 4.69) is 53.3 Å². The maximum Gasteiger partial charge on any atom is 0.123 e. The number of nitrogens with zero attached hydrogens (tertiary/aromatic N) is 1. The van der Waals surface area contributed by atoms with Crippen LogP contribution in [0.15, 0.2) is 60.8 Å². The average Bonchev–Trinajstić information content (AvgIpc) is 2.99. The Bertz CT molecular complexity index is 699. The number of aromatic nitrogens is 2. The van der Waals surface area contributed by atoms with E-state index in [-0.39, 0.29) is 6.04 Å². The molecule has 0 aliphatic carbocycles. The van der Waals surface area contributed by atoms with Crippen molar-refractivity contribution >= 4 is 0 Å². The third kappa shape index (κ3) is 3.20. The summed E-state index contributed by atoms with van der Waals surface area (Å²) in [5, 5.41) is 0. The number of hydrogen-bond donors (Lipinski definition) is 2. The van der Waals surface area contributed by atoms with Crippen molar-refractivity contribution < 1.29 is 0 Å². The van der Waals surface area contributed by atoms with E-state index in [9.17, 15) is 0 Å². The Morgan fingerprint density at radius 2 is 1.76 bits per heavy atom. The van der Waals surface area contributed by atoms with Crippen molar-refractivity contribution in [3.8, 4) is 11.3 Å². The van der Waals surface area contributed by atoms with Gasteiger partial charge in [0.1, 0.15) is 5.82 Å². The Morgan fingerprint density at radius 1 is 1.05 bits per heavy atom. The second kappa shape index (κ2) is 5.94. The number of benzene rings is 2. The summed E-state index contributed by atoms with van der Waals surface area (Å²) in [7, 11) is 0. The molecule has 3 heteroatoms. The second-order valence-electron chi connectivity index (χ2n) is 5.34. The highest BCUT2D eigenvalue weighted by atomic mass is 15.0. The Balaban J connectivity index is 1.76. The molecule has 1 unspecified atom stereocenters. The van der Waals surface area contributed by atoms with Crippen molar-refractivity contribution in [2.24, 2.45) is 5.73 Å². The Labute approximate surface area is 124 Å². The highest BCUT2D eigenvalue weighted by Crippen LogP contribution is 2.20. The van der Waals surface area contributed by atoms with Crippen molar-refractivity contribution in [1.29, 1.82) is 0 Å². The highest BCUT2D eigenvalue weighted by molar-refractivity contribution is 5.58. The molecular weight excluding hydrogens is 258 g/mol. The summed E-state index contributed by atoms with van der Waals surface area (Å²) in [6, 6.07) is 18.5. The first-order valence-electron chi connectivity index (χ1n) is 7.14. The fourth-order valence-corrected chi connectivity index (χ4v) is 2.37. The van der Waals surface area contributed by atoms with Crippen LogP contribution in [0.2, 0.25) is 0 Å². The molecule has 3 N–H and O–H groups in total. The fourth-order valence-electron chi connectivity index (χ4n) is 2.37. The first kappa shape index (κ1) is 13.6. The van der Waals surface area contributed by atoms with E-state index < -0.39 is 0 Å². The minimum atomic E-state index is -0.119. The van der Waals surface area contributed by atoms with Crippen molar-refractivity contribution in [1.82, 2.24) is 9.97 Å². The Hall–Kier alpha value is -2.39. The fraction of sp³-hybridized carbons (Fsp3) is 0.167. The first-order chi connectivity index (χ1) is 10.2. The molecule has 0 aliphatic heterocycles. The quantitative estimate of drug-likeness (QED) is 0.765. The van der Waals surface area contributed by atoms with Crippen molar-refractivity contribution in [3.63, 3.8) is 0 Å². The molecule has 3 rings (SSSR count). The predicted molar refractivity (Wildman–Crippen MR) is 85.8 cm³/mol. The molecule has 0 fully saturated rings. The Kier molecular flexibility index (Phi) is 3.84. The summed E-state index contributed by atoms with van der Waals surface area (Å²) in [5.74, 6) is 0.828. The summed E-state index contributed by atoms with van der Waals surface area (Å²) < 4.78 is 0. The number of aromatic amines is 1. The maximum atomic E-state index is 6.25. The van der Waals surface area contributed by atoms with Gasteiger partial charge in [0.25, 0.3) is 0 Å². The van der Waals surface area contributed by atoms with Crippen LogP contribution in [0.25, 0.3) is 11.3 Å². The zero-order valence-corrected chi connectivity index (χ0v) is 12.1. The largest absolute Gasteiger partial charge is 0.341 e. The minimum absolute atomic E-state index is 0.119. The van der Waals surface area contributed by atoms with Crippen LogP contribution in [0.4, 0.5) is 0 Å². The molecule has 3 aromatic rings. The molecule has 0 amide bonds. The van der Waals surface area contributed by atoms with Gasteiger partial charge in [0.05, 0.1) is 17.9 Å². The SMILES string of the molecule is Cc1ccc(-c2cnc(C(N)Cc3ccccc3)[nH]2)cc1. The molecule has 21 heavy (non-hydrogen) atoms. The van der Waals surface area contributed by atoms with Crippen LogP contribution in [-0.4, -0.2) is 9.97 Å². The van der Waals surface area contributed by atoms with E-state index in [0.717, 1.165) is 23.5 Å². The van der Waals surface area contributed by atoms with Gasteiger partial charge in [-0.3, -0.25) is 0 Å². The summed E-state index contributed by atoms with van der Waals surface area (Å²) in [4.78, 5) is 7.76. The molecule has 2 aromatic carbocycles. The molecule has 3 nitrogen and oxygen atoms in total. The van der Waals surface area contributed by atoms with Gasteiger partial charge < -0.3 is 10.7 Å². The zero-order valence-electron chi connectivity index (χ0n) is 12.1. The van der Waals surface area contributed by atoms with Crippen LogP contribution < -0.4 is 5.73 Å². The number of rotatable bonds is 4. The molecule has 0 radical (unpaired) electrons. The van der Waals surface area contributed by atoms with E-state index in [4.69, 9.17) is 5.73 Å². The second-order valence-corrected chi connectivity index (χ2v) is 5.34. The molecule has 0 spiro atoms. The maximum absolute atomic E-state index is 6.25. The van der Waals surface area contributed by atoms with Gasteiger partial charge in [-0.05, 0) is 24.5 Å². The lowest BCUT2D eigenvalue weighted by atomic mass is 10.1. The normalized spacial score (nSPS) is 12.3. The predicted octanol–water partition coefficient (Wildman–Crippen LogP) is 3.63. The molecule has 0 bridgehead atoms. The van der Waals surface area contributed by atoms with Crippen LogP contribution in [0.5, 0.6) is 0 Å². The number of nitrogens with one attached hydrogen (secondary N) is 1. The van der Waals surface area contributed by atoms with E-state index in [1.807, 2.05) is 24.4 Å². The lowest BCUT2D eigenvalue weighted by molar-refractivity contribution is 0.678. The standard InChI is InChI=1S/C18H19N3/c1-13-7-9-15(10-8-13)17-12-20-18(21-17)16(19)11-14-5-3-2-4-6-14/h2-10,12,16H,11,19H2,1H3,(H,20,21). The summed E-state index contributed by atoms with van der Waals surface area (Å²) in [6.45, 7) is 2.08. The van der Waals surface area contributed by atoms with Crippen LogP contribution in [-0.2, 0) is 6.42 Å². The molecule has 0 saturated heterocycles. The molecule has 106 valence electrons. The molecule has 0 saturated carbocycles. The van der Waals surface area contributed by atoms with Crippen LogP contribution in [0.1, 0.15) is 23.0 Å². The molecule has 1 aromatic heterocycles. The lowest BCUT2D eigenvalue weighted by Gasteiger charge is -2.08. The lowest BCUT2D eigenvalue weighted by Crippen LogP contribution is -2.14. The van der Waals surface area contributed by atoms with Gasteiger partial charge in [-0.2, -0.15) is 0 Å². The zero-order chi connectivity index (χ0) is 14.7. The van der Waals surface area contributed by atoms with E-state index in [0.29, 0.717) is 0 Å². The third-order valence-corrected chi connectivity index (χ3v) is 3.61. The van der Waals surface area contributed by atoms with Crippen molar-refractivity contribution in [3.05, 3.63) is 77.7 Å². The van der Waals surface area contributed by atoms with Crippen molar-refractivity contribution in [2.75, 3.05) is 0 Å². The summed E-state index contributed by atoms with van der Waals surface area (Å²) in [5.41, 5.74) is 10.9. The number of nitrogens with two attached hydrogens (primary N) is 1. The van der Waals surface area contributed by atoms with Crippen molar-refractivity contribution in [2.45, 2.75) is 19.4 Å². The molecule has 1 atom stereocenters. The smallest absolute Gasteiger partial charge is 0.123 e. The van der Waals surface area contributed by atoms with Gasteiger partial charge in [-0.25, -0.2) is 4.98 Å². The summed E-state index contributed by atoms with van der Waals surface area (Å²) in [6.07, 6.45) is 2.63. The first-order valence-corrected chi connectivity index (χ1v) is 7.14. The van der Waals surface area contributed by atoms with E-state index in [1.54, 1.807) is 0 Å². The van der Waals surface area contributed by atoms with Crippen LogP contribution in [0, 0.1) is 6.92 Å². The number of imidazole rings is 1. The molecule has 1 heterocycles. The van der Waals surface area contributed by atoms with Crippen LogP contribution in [0.3, 0.4) is 0 Å². The molecule has 0 aliphatic rings. The van der Waals surface area contributed by atoms with E-state index in [1.165, 1.54) is 11.1 Å². The van der Waals surface area contributed by atoms with E-state index >= 15 is 0 Å². The topological polar surface area (TPSA) is 54.7 Å². The van der Waals surface area contributed by atoms with Gasteiger partial charge in [0, 0.05) is 0 Å². The number of aryl methyl sites for hydroxylation is 1. The molecular formula is C18H19N3. The van der Waals surface area contributed by atoms with Crippen LogP contribution >= 0.6 is 0 Å². The number of H-pyrrole nitrogens is 1. The highest BCUT2D eigenvalue weighted by Gasteiger charge is 2.11. The monoisotopic (exact) mass is 277 g/mol. The summed E-state index contributed by atoms with van der Waals surface area (Å²) >= 11 is 0. The van der Waals surface area contributed by atoms with Gasteiger partial charge in [0.15, 0.2) is 0 Å². The van der Waals surface area contributed by atoms with Gasteiger partial charge >= 0.3 is 0 Å². The minimum Gasteiger partial charge on any atom is -0.341 e. The number of hydrogen-bond acceptors (Lipinski definition) is 2. The average molecular weight is 277 g/mol.